The number of nitrogens with zero attached hydrogens (tertiary/aromatic N) is 1. The first-order valence-electron chi connectivity index (χ1n) is 7.36. The maximum Gasteiger partial charge on any atom is 0.161 e. The van der Waals surface area contributed by atoms with Gasteiger partial charge >= 0.3 is 0 Å². The average molecular weight is 279 g/mol. The van der Waals surface area contributed by atoms with Crippen LogP contribution in [-0.4, -0.2) is 50.0 Å². The second kappa shape index (κ2) is 7.50. The molecule has 0 aliphatic carbocycles. The summed E-state index contributed by atoms with van der Waals surface area (Å²) >= 11 is 0. The lowest BCUT2D eigenvalue weighted by atomic mass is 10.1. The third kappa shape index (κ3) is 4.12. The van der Waals surface area contributed by atoms with Crippen LogP contribution in [0.2, 0.25) is 0 Å². The summed E-state index contributed by atoms with van der Waals surface area (Å²) in [5.74, 6) is 1.61. The van der Waals surface area contributed by atoms with Gasteiger partial charge in [0.05, 0.1) is 7.11 Å². The van der Waals surface area contributed by atoms with Crippen molar-refractivity contribution in [1.82, 2.24) is 4.90 Å². The molecule has 1 atom stereocenters. The Morgan fingerprint density at radius 1 is 1.35 bits per heavy atom. The van der Waals surface area contributed by atoms with E-state index in [1.165, 1.54) is 12.0 Å². The predicted octanol–water partition coefficient (Wildman–Crippen LogP) is 2.09. The van der Waals surface area contributed by atoms with Crippen molar-refractivity contribution in [1.29, 1.82) is 0 Å². The topological polar surface area (TPSA) is 41.9 Å². The zero-order valence-corrected chi connectivity index (χ0v) is 12.5. The van der Waals surface area contributed by atoms with Crippen LogP contribution in [0.3, 0.4) is 0 Å². The molecular weight excluding hydrogens is 254 g/mol. The number of aliphatic hydroxyl groups is 1. The fourth-order valence-corrected chi connectivity index (χ4v) is 2.65. The van der Waals surface area contributed by atoms with Gasteiger partial charge in [0.1, 0.15) is 6.10 Å². The van der Waals surface area contributed by atoms with Crippen LogP contribution in [0.15, 0.2) is 18.2 Å². The van der Waals surface area contributed by atoms with Gasteiger partial charge in [-0.2, -0.15) is 0 Å². The Balaban J connectivity index is 2.07. The molecule has 1 aliphatic heterocycles. The van der Waals surface area contributed by atoms with Gasteiger partial charge < -0.3 is 19.5 Å². The van der Waals surface area contributed by atoms with E-state index < -0.39 is 0 Å². The molecule has 1 unspecified atom stereocenters. The van der Waals surface area contributed by atoms with Crippen LogP contribution in [0, 0.1) is 0 Å². The lowest BCUT2D eigenvalue weighted by molar-refractivity contribution is 0.101. The van der Waals surface area contributed by atoms with E-state index in [2.05, 4.69) is 11.9 Å². The largest absolute Gasteiger partial charge is 0.493 e. The molecule has 1 N–H and O–H groups in total. The number of rotatable bonds is 6. The first-order chi connectivity index (χ1) is 9.72. The maximum atomic E-state index is 8.93. The van der Waals surface area contributed by atoms with Gasteiger partial charge in [0.25, 0.3) is 0 Å². The van der Waals surface area contributed by atoms with E-state index in [4.69, 9.17) is 14.6 Å². The summed E-state index contributed by atoms with van der Waals surface area (Å²) in [6.07, 6.45) is 4.14. The van der Waals surface area contributed by atoms with Gasteiger partial charge in [0.2, 0.25) is 0 Å². The van der Waals surface area contributed by atoms with Crippen molar-refractivity contribution < 1.29 is 14.6 Å². The first-order valence-corrected chi connectivity index (χ1v) is 7.36. The Hall–Kier alpha value is -1.26. The molecule has 4 heteroatoms. The maximum absolute atomic E-state index is 8.93. The predicted molar refractivity (Wildman–Crippen MR) is 79.5 cm³/mol. The third-order valence-electron chi connectivity index (χ3n) is 3.73. The van der Waals surface area contributed by atoms with E-state index in [0.29, 0.717) is 0 Å². The van der Waals surface area contributed by atoms with Crippen molar-refractivity contribution in [2.45, 2.75) is 31.8 Å². The summed E-state index contributed by atoms with van der Waals surface area (Å²) in [5.41, 5.74) is 1.18. The fraction of sp³-hybridized carbons (Fsp3) is 0.625. The molecule has 0 aromatic heterocycles. The molecule has 0 radical (unpaired) electrons. The van der Waals surface area contributed by atoms with Gasteiger partial charge in [0, 0.05) is 13.2 Å². The molecule has 112 valence electrons. The Labute approximate surface area is 121 Å². The van der Waals surface area contributed by atoms with E-state index in [9.17, 15) is 0 Å². The standard InChI is InChI=1S/C16H25NO3/c1-17-9-3-6-14(12-17)20-16-11-13(5-4-10-18)7-8-15(16)19-2/h7-8,11,14,18H,3-6,9-10,12H2,1-2H3. The number of ether oxygens (including phenoxy) is 2. The number of aryl methyl sites for hydroxylation is 1. The molecule has 0 spiro atoms. The van der Waals surface area contributed by atoms with E-state index in [1.807, 2.05) is 18.2 Å². The summed E-state index contributed by atoms with van der Waals surface area (Å²) in [4.78, 5) is 2.30. The van der Waals surface area contributed by atoms with Crippen LogP contribution >= 0.6 is 0 Å². The normalized spacial score (nSPS) is 19.9. The Morgan fingerprint density at radius 3 is 2.90 bits per heavy atom. The summed E-state index contributed by atoms with van der Waals surface area (Å²) in [6, 6.07) is 6.03. The van der Waals surface area contributed by atoms with Crippen LogP contribution in [0.25, 0.3) is 0 Å². The molecule has 0 amide bonds. The number of likely N-dealkylation sites (tertiary alicyclic amines) is 1. The van der Waals surface area contributed by atoms with Crippen molar-refractivity contribution in [3.63, 3.8) is 0 Å². The second-order valence-electron chi connectivity index (χ2n) is 5.46. The molecule has 4 nitrogen and oxygen atoms in total. The van der Waals surface area contributed by atoms with E-state index in [0.717, 1.165) is 43.9 Å². The molecule has 1 fully saturated rings. The lowest BCUT2D eigenvalue weighted by Crippen LogP contribution is -2.38. The fourth-order valence-electron chi connectivity index (χ4n) is 2.65. The zero-order chi connectivity index (χ0) is 14.4. The van der Waals surface area contributed by atoms with Gasteiger partial charge in [-0.3, -0.25) is 0 Å². The number of likely N-dealkylation sites (N-methyl/N-ethyl adjacent to an activating group) is 1. The summed E-state index contributed by atoms with van der Waals surface area (Å²) in [6.45, 7) is 2.33. The monoisotopic (exact) mass is 279 g/mol. The summed E-state index contributed by atoms with van der Waals surface area (Å²) in [5, 5.41) is 8.93. The highest BCUT2D eigenvalue weighted by Gasteiger charge is 2.20. The molecule has 1 saturated heterocycles. The van der Waals surface area contributed by atoms with Crippen molar-refractivity contribution in [3.05, 3.63) is 23.8 Å². The Bertz CT molecular complexity index is 422. The van der Waals surface area contributed by atoms with Crippen LogP contribution in [0.5, 0.6) is 11.5 Å². The Morgan fingerprint density at radius 2 is 2.20 bits per heavy atom. The van der Waals surface area contributed by atoms with Crippen LogP contribution in [0.1, 0.15) is 24.8 Å². The smallest absolute Gasteiger partial charge is 0.161 e. The quantitative estimate of drug-likeness (QED) is 0.866. The van der Waals surface area contributed by atoms with Crippen LogP contribution in [0.4, 0.5) is 0 Å². The Kier molecular flexibility index (Phi) is 5.68. The molecule has 20 heavy (non-hydrogen) atoms. The van der Waals surface area contributed by atoms with E-state index in [-0.39, 0.29) is 12.7 Å². The van der Waals surface area contributed by atoms with Gasteiger partial charge in [-0.1, -0.05) is 6.07 Å². The summed E-state index contributed by atoms with van der Waals surface area (Å²) < 4.78 is 11.5. The second-order valence-corrected chi connectivity index (χ2v) is 5.46. The number of hydrogen-bond donors (Lipinski definition) is 1. The van der Waals surface area contributed by atoms with Crippen molar-refractivity contribution >= 4 is 0 Å². The van der Waals surface area contributed by atoms with Gasteiger partial charge in [-0.05, 0) is 57.0 Å². The van der Waals surface area contributed by atoms with Gasteiger partial charge in [0.15, 0.2) is 11.5 Å². The minimum atomic E-state index is 0.218. The van der Waals surface area contributed by atoms with Crippen molar-refractivity contribution in [2.75, 3.05) is 33.9 Å². The molecule has 0 bridgehead atoms. The number of piperidine rings is 1. The van der Waals surface area contributed by atoms with E-state index >= 15 is 0 Å². The van der Waals surface area contributed by atoms with Crippen molar-refractivity contribution in [2.24, 2.45) is 0 Å². The molecule has 2 rings (SSSR count). The number of hydrogen-bond acceptors (Lipinski definition) is 4. The number of methoxy groups -OCH3 is 1. The van der Waals surface area contributed by atoms with Crippen LogP contribution < -0.4 is 9.47 Å². The minimum absolute atomic E-state index is 0.218. The third-order valence-corrected chi connectivity index (χ3v) is 3.73. The lowest BCUT2D eigenvalue weighted by Gasteiger charge is -2.30. The summed E-state index contributed by atoms with van der Waals surface area (Å²) in [7, 11) is 3.80. The molecule has 0 saturated carbocycles. The highest BCUT2D eigenvalue weighted by atomic mass is 16.5. The molecule has 1 aromatic carbocycles. The first kappa shape index (κ1) is 15.1. The SMILES string of the molecule is COc1ccc(CCCO)cc1OC1CCCN(C)C1. The zero-order valence-electron chi connectivity index (χ0n) is 12.5. The molecule has 1 aliphatic rings. The highest BCUT2D eigenvalue weighted by Crippen LogP contribution is 2.30. The van der Waals surface area contributed by atoms with Gasteiger partial charge in [-0.15, -0.1) is 0 Å². The number of benzene rings is 1. The van der Waals surface area contributed by atoms with Crippen LogP contribution in [-0.2, 0) is 6.42 Å². The van der Waals surface area contributed by atoms with Gasteiger partial charge in [-0.25, -0.2) is 0 Å². The van der Waals surface area contributed by atoms with E-state index in [1.54, 1.807) is 7.11 Å². The number of aliphatic hydroxyl groups excluding tert-OH is 1. The molecule has 1 aromatic rings. The molecule has 1 heterocycles. The highest BCUT2D eigenvalue weighted by molar-refractivity contribution is 5.43. The average Bonchev–Trinajstić information content (AvgIpc) is 2.45. The van der Waals surface area contributed by atoms with Crippen molar-refractivity contribution in [3.8, 4) is 11.5 Å². The minimum Gasteiger partial charge on any atom is -0.493 e. The molecular formula is C16H25NO3.